The molecule has 109 valence electrons. The molecule has 0 bridgehead atoms. The van der Waals surface area contributed by atoms with Gasteiger partial charge in [-0.25, -0.2) is 0 Å². The Morgan fingerprint density at radius 3 is 2.00 bits per heavy atom. The van der Waals surface area contributed by atoms with Crippen LogP contribution in [0.3, 0.4) is 0 Å². The molecule has 0 aromatic carbocycles. The zero-order chi connectivity index (χ0) is 13.6. The molecule has 0 amide bonds. The van der Waals surface area contributed by atoms with Crippen LogP contribution in [-0.4, -0.2) is 0 Å². The number of hydrogen-bond donors (Lipinski definition) is 0. The number of hydrogen-bond acceptors (Lipinski definition) is 0. The molecule has 0 aliphatic carbocycles. The Balaban J connectivity index is 3.83. The molecule has 0 spiro atoms. The highest BCUT2D eigenvalue weighted by molar-refractivity contribution is 4.79. The lowest BCUT2D eigenvalue weighted by Gasteiger charge is -2.20. The lowest BCUT2D eigenvalue weighted by atomic mass is 9.86. The van der Waals surface area contributed by atoms with Crippen LogP contribution in [0.15, 0.2) is 0 Å². The van der Waals surface area contributed by atoms with Gasteiger partial charge in [-0.15, -0.1) is 0 Å². The van der Waals surface area contributed by atoms with Gasteiger partial charge in [0.05, 0.1) is 0 Å². The predicted molar refractivity (Wildman–Crippen MR) is 84.8 cm³/mol. The van der Waals surface area contributed by atoms with Crippen LogP contribution < -0.4 is 0 Å². The maximum absolute atomic E-state index is 2.67. The summed E-state index contributed by atoms with van der Waals surface area (Å²) in [5, 5.41) is 0. The quantitative estimate of drug-likeness (QED) is 0.317. The maximum atomic E-state index is 2.67. The van der Waals surface area contributed by atoms with Crippen LogP contribution in [0.5, 0.6) is 0 Å². The summed E-state index contributed by atoms with van der Waals surface area (Å²) in [4.78, 5) is 0. The van der Waals surface area contributed by atoms with E-state index in [2.05, 4.69) is 34.1 Å². The molecular formula is C18H37. The Bertz CT molecular complexity index is 150. The van der Waals surface area contributed by atoms with Gasteiger partial charge in [-0.2, -0.15) is 0 Å². The molecule has 0 nitrogen and oxygen atoms in total. The van der Waals surface area contributed by atoms with E-state index in [1.807, 2.05) is 0 Å². The van der Waals surface area contributed by atoms with Crippen molar-refractivity contribution in [3.63, 3.8) is 0 Å². The van der Waals surface area contributed by atoms with Crippen LogP contribution >= 0.6 is 0 Å². The van der Waals surface area contributed by atoms with Gasteiger partial charge in [0.25, 0.3) is 0 Å². The van der Waals surface area contributed by atoms with E-state index in [0.717, 1.165) is 11.8 Å². The molecule has 0 fully saturated rings. The molecule has 0 saturated carbocycles. The second kappa shape index (κ2) is 13.4. The lowest BCUT2D eigenvalue weighted by molar-refractivity contribution is 0.395. The molecule has 18 heavy (non-hydrogen) atoms. The van der Waals surface area contributed by atoms with Gasteiger partial charge >= 0.3 is 0 Å². The van der Waals surface area contributed by atoms with Crippen LogP contribution in [0.4, 0.5) is 0 Å². The van der Waals surface area contributed by atoms with Gasteiger partial charge < -0.3 is 0 Å². The second-order valence-electron chi connectivity index (χ2n) is 5.93. The molecule has 0 aromatic rings. The molecule has 0 aliphatic rings. The van der Waals surface area contributed by atoms with Crippen molar-refractivity contribution in [3.05, 3.63) is 6.42 Å². The minimum absolute atomic E-state index is 0.900. The molecule has 0 saturated heterocycles. The third-order valence-corrected chi connectivity index (χ3v) is 4.18. The van der Waals surface area contributed by atoms with Crippen molar-refractivity contribution in [2.45, 2.75) is 98.3 Å². The first-order valence-corrected chi connectivity index (χ1v) is 8.61. The third-order valence-electron chi connectivity index (χ3n) is 4.18. The van der Waals surface area contributed by atoms with Crippen molar-refractivity contribution in [3.8, 4) is 0 Å². The summed E-state index contributed by atoms with van der Waals surface area (Å²) in [6.07, 6.45) is 18.0. The molecule has 2 unspecified atom stereocenters. The maximum Gasteiger partial charge on any atom is -0.0352 e. The van der Waals surface area contributed by atoms with Gasteiger partial charge in [0, 0.05) is 0 Å². The monoisotopic (exact) mass is 253 g/mol. The third kappa shape index (κ3) is 9.97. The van der Waals surface area contributed by atoms with E-state index in [0.29, 0.717) is 0 Å². The Labute approximate surface area is 117 Å². The minimum atomic E-state index is 0.900. The van der Waals surface area contributed by atoms with Crippen LogP contribution in [0, 0.1) is 18.3 Å². The van der Waals surface area contributed by atoms with Crippen LogP contribution in [0.1, 0.15) is 98.3 Å². The van der Waals surface area contributed by atoms with E-state index >= 15 is 0 Å². The number of unbranched alkanes of at least 4 members (excludes halogenated alkanes) is 3. The molecule has 0 heteroatoms. The zero-order valence-corrected chi connectivity index (χ0v) is 13.5. The van der Waals surface area contributed by atoms with E-state index in [9.17, 15) is 0 Å². The fraction of sp³-hybridized carbons (Fsp3) is 0.944. The summed E-state index contributed by atoms with van der Waals surface area (Å²) in [7, 11) is 0. The number of rotatable bonds is 13. The second-order valence-corrected chi connectivity index (χ2v) is 5.93. The van der Waals surface area contributed by atoms with Crippen molar-refractivity contribution in [2.24, 2.45) is 11.8 Å². The highest BCUT2D eigenvalue weighted by Gasteiger charge is 2.12. The van der Waals surface area contributed by atoms with E-state index in [-0.39, 0.29) is 0 Å². The van der Waals surface area contributed by atoms with Gasteiger partial charge in [0.15, 0.2) is 0 Å². The van der Waals surface area contributed by atoms with Gasteiger partial charge in [0.1, 0.15) is 0 Å². The van der Waals surface area contributed by atoms with Crippen LogP contribution in [0.25, 0.3) is 0 Å². The highest BCUT2D eigenvalue weighted by atomic mass is 14.2. The van der Waals surface area contributed by atoms with Crippen molar-refractivity contribution >= 4 is 0 Å². The van der Waals surface area contributed by atoms with Crippen molar-refractivity contribution in [1.82, 2.24) is 0 Å². The molecule has 0 heterocycles. The van der Waals surface area contributed by atoms with E-state index in [1.165, 1.54) is 70.6 Å². The summed E-state index contributed by atoms with van der Waals surface area (Å²) < 4.78 is 0. The lowest BCUT2D eigenvalue weighted by Crippen LogP contribution is -2.07. The Kier molecular flexibility index (Phi) is 13.4. The standard InChI is InChI=1S/C18H37/c1-5-9-11-14-18(12-7-3)16-15-17(8-4)13-10-6-2/h16-18H,5-15H2,1-4H3. The first-order valence-electron chi connectivity index (χ1n) is 8.61. The molecule has 0 rings (SSSR count). The molecular weight excluding hydrogens is 216 g/mol. The van der Waals surface area contributed by atoms with Gasteiger partial charge in [-0.05, 0) is 24.7 Å². The van der Waals surface area contributed by atoms with Gasteiger partial charge in [0.2, 0.25) is 0 Å². The fourth-order valence-electron chi connectivity index (χ4n) is 2.77. The Hall–Kier alpha value is 0. The van der Waals surface area contributed by atoms with E-state index < -0.39 is 0 Å². The molecule has 0 N–H and O–H groups in total. The van der Waals surface area contributed by atoms with Crippen molar-refractivity contribution in [1.29, 1.82) is 0 Å². The zero-order valence-electron chi connectivity index (χ0n) is 13.5. The normalized spacial score (nSPS) is 14.7. The van der Waals surface area contributed by atoms with Crippen LogP contribution in [-0.2, 0) is 0 Å². The fourth-order valence-corrected chi connectivity index (χ4v) is 2.77. The highest BCUT2D eigenvalue weighted by Crippen LogP contribution is 2.25. The minimum Gasteiger partial charge on any atom is -0.0654 e. The largest absolute Gasteiger partial charge is 0.0654 e. The van der Waals surface area contributed by atoms with Crippen LogP contribution in [0.2, 0.25) is 0 Å². The van der Waals surface area contributed by atoms with Gasteiger partial charge in [-0.3, -0.25) is 0 Å². The SMILES string of the molecule is CCCCCC([CH]CC(CC)CCCC)CCC. The van der Waals surface area contributed by atoms with Crippen molar-refractivity contribution < 1.29 is 0 Å². The molecule has 0 aliphatic heterocycles. The molecule has 0 aromatic heterocycles. The van der Waals surface area contributed by atoms with E-state index in [1.54, 1.807) is 0 Å². The van der Waals surface area contributed by atoms with Gasteiger partial charge in [-0.1, -0.05) is 91.9 Å². The first-order chi connectivity index (χ1) is 8.78. The first kappa shape index (κ1) is 18.0. The smallest absolute Gasteiger partial charge is 0.0352 e. The average molecular weight is 253 g/mol. The van der Waals surface area contributed by atoms with E-state index in [4.69, 9.17) is 0 Å². The topological polar surface area (TPSA) is 0 Å². The Morgan fingerprint density at radius 2 is 1.44 bits per heavy atom. The summed E-state index contributed by atoms with van der Waals surface area (Å²) in [5.41, 5.74) is 0. The average Bonchev–Trinajstić information content (AvgIpc) is 2.39. The Morgan fingerprint density at radius 1 is 0.722 bits per heavy atom. The molecule has 2 atom stereocenters. The summed E-state index contributed by atoms with van der Waals surface area (Å²) in [6, 6.07) is 0. The summed E-state index contributed by atoms with van der Waals surface area (Å²) >= 11 is 0. The molecule has 1 radical (unpaired) electrons. The summed E-state index contributed by atoms with van der Waals surface area (Å²) in [5.74, 6) is 1.85. The summed E-state index contributed by atoms with van der Waals surface area (Å²) in [6.45, 7) is 9.30. The predicted octanol–water partition coefficient (Wildman–Crippen LogP) is 6.79. The van der Waals surface area contributed by atoms with Crippen molar-refractivity contribution in [2.75, 3.05) is 0 Å².